The molecule has 2 heterocycles. The third kappa shape index (κ3) is 1.57. The predicted molar refractivity (Wildman–Crippen MR) is 42.7 cm³/mol. The lowest BCUT2D eigenvalue weighted by Crippen LogP contribution is -2.14. The van der Waals surface area contributed by atoms with Crippen molar-refractivity contribution >= 4 is 11.5 Å². The molecule has 0 saturated carbocycles. The first-order chi connectivity index (χ1) is 5.47. The van der Waals surface area contributed by atoms with Gasteiger partial charge in [0.2, 0.25) is 0 Å². The molecule has 1 fully saturated rings. The summed E-state index contributed by atoms with van der Waals surface area (Å²) in [6, 6.07) is 0. The maximum atomic E-state index is 5.25. The van der Waals surface area contributed by atoms with Gasteiger partial charge in [-0.15, -0.1) is 0 Å². The lowest BCUT2D eigenvalue weighted by atomic mass is 10.00. The summed E-state index contributed by atoms with van der Waals surface area (Å²) in [7, 11) is 0. The van der Waals surface area contributed by atoms with E-state index in [-0.39, 0.29) is 0 Å². The SMILES string of the molecule is c1nc(C2CCOCC2)ns1. The zero-order valence-electron chi connectivity index (χ0n) is 6.19. The van der Waals surface area contributed by atoms with Gasteiger partial charge in [0.05, 0.1) is 0 Å². The van der Waals surface area contributed by atoms with Gasteiger partial charge in [-0.2, -0.15) is 4.37 Å². The van der Waals surface area contributed by atoms with Gasteiger partial charge >= 0.3 is 0 Å². The van der Waals surface area contributed by atoms with Gasteiger partial charge in [0.1, 0.15) is 11.3 Å². The molecule has 1 saturated heterocycles. The molecule has 2 rings (SSSR count). The van der Waals surface area contributed by atoms with Gasteiger partial charge in [-0.1, -0.05) is 0 Å². The summed E-state index contributed by atoms with van der Waals surface area (Å²) >= 11 is 1.43. The molecule has 1 aliphatic heterocycles. The van der Waals surface area contributed by atoms with Crippen molar-refractivity contribution in [1.82, 2.24) is 9.36 Å². The van der Waals surface area contributed by atoms with Crippen molar-refractivity contribution in [3.8, 4) is 0 Å². The molecule has 0 spiro atoms. The quantitative estimate of drug-likeness (QED) is 0.639. The van der Waals surface area contributed by atoms with Crippen LogP contribution in [0.3, 0.4) is 0 Å². The van der Waals surface area contributed by atoms with Crippen molar-refractivity contribution in [3.05, 3.63) is 11.3 Å². The van der Waals surface area contributed by atoms with Crippen molar-refractivity contribution in [2.45, 2.75) is 18.8 Å². The third-order valence-electron chi connectivity index (χ3n) is 1.96. The zero-order chi connectivity index (χ0) is 7.52. The first-order valence-corrected chi connectivity index (χ1v) is 4.64. The van der Waals surface area contributed by atoms with Crippen LogP contribution in [0.25, 0.3) is 0 Å². The van der Waals surface area contributed by atoms with E-state index < -0.39 is 0 Å². The molecule has 0 atom stereocenters. The van der Waals surface area contributed by atoms with Gasteiger partial charge in [0, 0.05) is 19.1 Å². The Morgan fingerprint density at radius 2 is 2.27 bits per heavy atom. The smallest absolute Gasteiger partial charge is 0.145 e. The molecule has 3 nitrogen and oxygen atoms in total. The van der Waals surface area contributed by atoms with E-state index in [1.807, 2.05) is 0 Å². The molecule has 1 aliphatic rings. The van der Waals surface area contributed by atoms with E-state index in [4.69, 9.17) is 4.74 Å². The maximum Gasteiger partial charge on any atom is 0.145 e. The van der Waals surface area contributed by atoms with Crippen molar-refractivity contribution in [3.63, 3.8) is 0 Å². The van der Waals surface area contributed by atoms with Crippen LogP contribution in [0.1, 0.15) is 24.6 Å². The topological polar surface area (TPSA) is 35.0 Å². The highest BCUT2D eigenvalue weighted by Crippen LogP contribution is 2.23. The second-order valence-electron chi connectivity index (χ2n) is 2.68. The van der Waals surface area contributed by atoms with Crippen molar-refractivity contribution < 1.29 is 4.74 Å². The number of nitrogens with zero attached hydrogens (tertiary/aromatic N) is 2. The van der Waals surface area contributed by atoms with Crippen LogP contribution >= 0.6 is 11.5 Å². The molecule has 60 valence electrons. The third-order valence-corrected chi connectivity index (χ3v) is 2.46. The molecule has 1 aromatic rings. The fourth-order valence-electron chi connectivity index (χ4n) is 1.31. The highest BCUT2D eigenvalue weighted by atomic mass is 32.1. The minimum Gasteiger partial charge on any atom is -0.381 e. The van der Waals surface area contributed by atoms with E-state index in [0.717, 1.165) is 31.9 Å². The Bertz CT molecular complexity index is 206. The molecule has 0 aliphatic carbocycles. The number of aromatic nitrogens is 2. The predicted octanol–water partition coefficient (Wildman–Crippen LogP) is 1.43. The first-order valence-electron chi connectivity index (χ1n) is 3.81. The lowest BCUT2D eigenvalue weighted by molar-refractivity contribution is 0.0838. The van der Waals surface area contributed by atoms with Crippen molar-refractivity contribution in [1.29, 1.82) is 0 Å². The van der Waals surface area contributed by atoms with Gasteiger partial charge in [0.25, 0.3) is 0 Å². The number of rotatable bonds is 1. The van der Waals surface area contributed by atoms with Crippen LogP contribution in [-0.4, -0.2) is 22.6 Å². The summed E-state index contributed by atoms with van der Waals surface area (Å²) in [5.74, 6) is 1.56. The highest BCUT2D eigenvalue weighted by Gasteiger charge is 2.18. The maximum absolute atomic E-state index is 5.25. The number of hydrogen-bond acceptors (Lipinski definition) is 4. The van der Waals surface area contributed by atoms with Gasteiger partial charge in [0.15, 0.2) is 0 Å². The molecule has 0 radical (unpaired) electrons. The Labute approximate surface area is 69.6 Å². The van der Waals surface area contributed by atoms with Crippen LogP contribution in [-0.2, 0) is 4.74 Å². The first kappa shape index (κ1) is 7.18. The van der Waals surface area contributed by atoms with Crippen LogP contribution in [0.4, 0.5) is 0 Å². The number of ether oxygens (including phenoxy) is 1. The molecule has 0 amide bonds. The monoisotopic (exact) mass is 170 g/mol. The van der Waals surface area contributed by atoms with E-state index in [0.29, 0.717) is 5.92 Å². The normalized spacial score (nSPS) is 20.4. The highest BCUT2D eigenvalue weighted by molar-refractivity contribution is 7.03. The molecule has 0 aromatic carbocycles. The second-order valence-corrected chi connectivity index (χ2v) is 3.28. The minimum atomic E-state index is 0.551. The van der Waals surface area contributed by atoms with Gasteiger partial charge in [-0.25, -0.2) is 4.98 Å². The summed E-state index contributed by atoms with van der Waals surface area (Å²) in [5, 5.41) is 0. The van der Waals surface area contributed by atoms with Crippen LogP contribution in [0.5, 0.6) is 0 Å². The summed E-state index contributed by atoms with van der Waals surface area (Å²) in [5.41, 5.74) is 1.80. The van der Waals surface area contributed by atoms with E-state index in [2.05, 4.69) is 9.36 Å². The second kappa shape index (κ2) is 3.28. The Morgan fingerprint density at radius 1 is 1.45 bits per heavy atom. The Morgan fingerprint density at radius 3 is 2.91 bits per heavy atom. The van der Waals surface area contributed by atoms with Crippen LogP contribution in [0.2, 0.25) is 0 Å². The molecule has 0 unspecified atom stereocenters. The Kier molecular flexibility index (Phi) is 2.14. The summed E-state index contributed by atoms with van der Waals surface area (Å²) in [4.78, 5) is 4.19. The summed E-state index contributed by atoms with van der Waals surface area (Å²) < 4.78 is 9.46. The van der Waals surface area contributed by atoms with E-state index in [1.165, 1.54) is 11.5 Å². The minimum absolute atomic E-state index is 0.551. The lowest BCUT2D eigenvalue weighted by Gasteiger charge is -2.18. The van der Waals surface area contributed by atoms with Gasteiger partial charge in [-0.3, -0.25) is 0 Å². The average molecular weight is 170 g/mol. The summed E-state index contributed by atoms with van der Waals surface area (Å²) in [6.45, 7) is 1.73. The molecular weight excluding hydrogens is 160 g/mol. The van der Waals surface area contributed by atoms with E-state index in [9.17, 15) is 0 Å². The summed E-state index contributed by atoms with van der Waals surface area (Å²) in [6.07, 6.45) is 2.16. The fourth-order valence-corrected chi connectivity index (χ4v) is 1.82. The van der Waals surface area contributed by atoms with Gasteiger partial charge < -0.3 is 4.74 Å². The Balaban J connectivity index is 2.04. The number of hydrogen-bond donors (Lipinski definition) is 0. The molecule has 0 bridgehead atoms. The molecule has 0 N–H and O–H groups in total. The Hall–Kier alpha value is -0.480. The largest absolute Gasteiger partial charge is 0.381 e. The average Bonchev–Trinajstić information content (AvgIpc) is 2.58. The van der Waals surface area contributed by atoms with Crippen molar-refractivity contribution in [2.75, 3.05) is 13.2 Å². The van der Waals surface area contributed by atoms with Crippen LogP contribution in [0, 0.1) is 0 Å². The van der Waals surface area contributed by atoms with Crippen LogP contribution in [0.15, 0.2) is 5.51 Å². The molecule has 1 aromatic heterocycles. The van der Waals surface area contributed by atoms with Crippen molar-refractivity contribution in [2.24, 2.45) is 0 Å². The zero-order valence-corrected chi connectivity index (χ0v) is 7.01. The van der Waals surface area contributed by atoms with Gasteiger partial charge in [-0.05, 0) is 24.4 Å². The van der Waals surface area contributed by atoms with E-state index >= 15 is 0 Å². The molecular formula is C7H10N2OS. The standard InChI is InChI=1S/C7H10N2OS/c1-3-10-4-2-6(1)7-8-5-11-9-7/h5-6H,1-4H2. The molecule has 4 heteroatoms. The molecule has 11 heavy (non-hydrogen) atoms. The fraction of sp³-hybridized carbons (Fsp3) is 0.714. The van der Waals surface area contributed by atoms with E-state index in [1.54, 1.807) is 5.51 Å². The van der Waals surface area contributed by atoms with Crippen LogP contribution < -0.4 is 0 Å².